The average molecular weight is 483 g/mol. The summed E-state index contributed by atoms with van der Waals surface area (Å²) in [7, 11) is -3.49. The second-order valence-corrected chi connectivity index (χ2v) is 11.4. The minimum atomic E-state index is -3.49. The summed E-state index contributed by atoms with van der Waals surface area (Å²) in [6.45, 7) is 5.53. The van der Waals surface area contributed by atoms with Crippen LogP contribution in [0.2, 0.25) is 0 Å². The molecular weight excluding hydrogens is 452 g/mol. The third-order valence-corrected chi connectivity index (χ3v) is 8.46. The van der Waals surface area contributed by atoms with Crippen molar-refractivity contribution in [2.24, 2.45) is 5.10 Å². The van der Waals surface area contributed by atoms with Gasteiger partial charge in [0.1, 0.15) is 0 Å². The summed E-state index contributed by atoms with van der Waals surface area (Å²) in [4.78, 5) is 4.91. The number of thiazole rings is 1. The largest absolute Gasteiger partial charge is 0.253 e. The van der Waals surface area contributed by atoms with Gasteiger partial charge in [0, 0.05) is 24.0 Å². The zero-order valence-electron chi connectivity index (χ0n) is 19.1. The molecule has 2 heterocycles. The van der Waals surface area contributed by atoms with Crippen LogP contribution in [0.3, 0.4) is 0 Å². The van der Waals surface area contributed by atoms with Crippen LogP contribution in [0, 0.1) is 0 Å². The fraction of sp³-hybridized carbons (Fsp3) is 0.360. The molecule has 0 amide bonds. The zero-order chi connectivity index (χ0) is 23.3. The van der Waals surface area contributed by atoms with Crippen LogP contribution in [0.1, 0.15) is 56.6 Å². The number of rotatable bonds is 7. The van der Waals surface area contributed by atoms with Gasteiger partial charge in [-0.15, -0.1) is 11.3 Å². The van der Waals surface area contributed by atoms with E-state index in [-0.39, 0.29) is 0 Å². The van der Waals surface area contributed by atoms with E-state index < -0.39 is 10.0 Å². The first-order valence-corrected chi connectivity index (χ1v) is 13.7. The van der Waals surface area contributed by atoms with Crippen LogP contribution in [0.15, 0.2) is 63.9 Å². The molecule has 1 aromatic heterocycles. The molecule has 0 spiro atoms. The Hall–Kier alpha value is -2.55. The molecule has 33 heavy (non-hydrogen) atoms. The van der Waals surface area contributed by atoms with Gasteiger partial charge < -0.3 is 0 Å². The maximum absolute atomic E-state index is 13.1. The highest BCUT2D eigenvalue weighted by atomic mass is 32.2. The van der Waals surface area contributed by atoms with Crippen LogP contribution in [0.5, 0.6) is 0 Å². The first-order chi connectivity index (χ1) is 15.9. The number of hydrogen-bond acceptors (Lipinski definition) is 6. The number of anilines is 1. The summed E-state index contributed by atoms with van der Waals surface area (Å²) in [5.41, 5.74) is 6.79. The smallest absolute Gasteiger partial charge is 0.243 e. The molecular formula is C25H30N4O2S2. The minimum absolute atomic E-state index is 0.326. The molecule has 3 aromatic rings. The second kappa shape index (κ2) is 10.6. The Balaban J connectivity index is 1.45. The van der Waals surface area contributed by atoms with Gasteiger partial charge in [-0.05, 0) is 42.0 Å². The van der Waals surface area contributed by atoms with Crippen molar-refractivity contribution in [3.63, 3.8) is 0 Å². The molecule has 0 saturated carbocycles. The lowest BCUT2D eigenvalue weighted by molar-refractivity contribution is 0.424. The number of benzene rings is 2. The van der Waals surface area contributed by atoms with Crippen LogP contribution in [0.25, 0.3) is 11.3 Å². The number of nitrogens with zero attached hydrogens (tertiary/aromatic N) is 3. The third-order valence-electron chi connectivity index (χ3n) is 5.81. The lowest BCUT2D eigenvalue weighted by Crippen LogP contribution is -2.31. The Labute approximate surface area is 200 Å². The summed E-state index contributed by atoms with van der Waals surface area (Å²) in [5.74, 6) is 0.501. The first kappa shape index (κ1) is 23.6. The summed E-state index contributed by atoms with van der Waals surface area (Å²) >= 11 is 1.43. The van der Waals surface area contributed by atoms with Crippen molar-refractivity contribution >= 4 is 32.7 Å². The van der Waals surface area contributed by atoms with E-state index in [2.05, 4.69) is 41.5 Å². The lowest BCUT2D eigenvalue weighted by Gasteiger charge is -2.20. The predicted octanol–water partition coefficient (Wildman–Crippen LogP) is 5.94. The van der Waals surface area contributed by atoms with E-state index in [0.29, 0.717) is 29.0 Å². The molecule has 0 unspecified atom stereocenters. The fourth-order valence-electron chi connectivity index (χ4n) is 3.83. The number of sulfonamides is 1. The van der Waals surface area contributed by atoms with E-state index in [1.807, 2.05) is 23.6 Å². The SMILES string of the molecule is CC(C)c1ccc(/C=N/Nc2nc(-c3cccc(S(=O)(=O)N4CCCCCC4)c3)cs2)cc1. The number of hydrazone groups is 1. The molecule has 6 nitrogen and oxygen atoms in total. The van der Waals surface area contributed by atoms with Gasteiger partial charge in [0.05, 0.1) is 16.8 Å². The van der Waals surface area contributed by atoms with E-state index in [0.717, 1.165) is 42.5 Å². The van der Waals surface area contributed by atoms with Crippen molar-refractivity contribution in [1.29, 1.82) is 0 Å². The molecule has 1 N–H and O–H groups in total. The van der Waals surface area contributed by atoms with Crippen LogP contribution < -0.4 is 5.43 Å². The van der Waals surface area contributed by atoms with Crippen molar-refractivity contribution in [3.05, 3.63) is 65.0 Å². The van der Waals surface area contributed by atoms with Crippen LogP contribution in [-0.4, -0.2) is 37.0 Å². The maximum atomic E-state index is 13.1. The van der Waals surface area contributed by atoms with E-state index in [1.54, 1.807) is 28.7 Å². The Kier molecular flexibility index (Phi) is 7.57. The zero-order valence-corrected chi connectivity index (χ0v) is 20.7. The Morgan fingerprint density at radius 1 is 1.06 bits per heavy atom. The summed E-state index contributed by atoms with van der Waals surface area (Å²) in [5, 5.41) is 6.85. The number of aromatic nitrogens is 1. The highest BCUT2D eigenvalue weighted by Gasteiger charge is 2.25. The van der Waals surface area contributed by atoms with Gasteiger partial charge >= 0.3 is 0 Å². The molecule has 1 fully saturated rings. The van der Waals surface area contributed by atoms with Gasteiger partial charge in [-0.1, -0.05) is 63.1 Å². The lowest BCUT2D eigenvalue weighted by atomic mass is 10.0. The predicted molar refractivity (Wildman–Crippen MR) is 137 cm³/mol. The maximum Gasteiger partial charge on any atom is 0.243 e. The van der Waals surface area contributed by atoms with Gasteiger partial charge in [0.15, 0.2) is 0 Å². The molecule has 4 rings (SSSR count). The third kappa shape index (κ3) is 5.88. The van der Waals surface area contributed by atoms with Crippen molar-refractivity contribution in [3.8, 4) is 11.3 Å². The summed E-state index contributed by atoms with van der Waals surface area (Å²) in [6.07, 6.45) is 5.78. The Morgan fingerprint density at radius 3 is 2.48 bits per heavy atom. The van der Waals surface area contributed by atoms with E-state index in [4.69, 9.17) is 0 Å². The molecule has 1 saturated heterocycles. The highest BCUT2D eigenvalue weighted by molar-refractivity contribution is 7.89. The van der Waals surface area contributed by atoms with Gasteiger partial charge in [-0.25, -0.2) is 13.4 Å². The molecule has 2 aromatic carbocycles. The number of hydrogen-bond donors (Lipinski definition) is 1. The Morgan fingerprint density at radius 2 is 1.79 bits per heavy atom. The van der Waals surface area contributed by atoms with Crippen molar-refractivity contribution in [1.82, 2.24) is 9.29 Å². The summed E-state index contributed by atoms with van der Waals surface area (Å²) in [6, 6.07) is 15.4. The molecule has 1 aliphatic rings. The summed E-state index contributed by atoms with van der Waals surface area (Å²) < 4.78 is 27.9. The molecule has 1 aliphatic heterocycles. The Bertz CT molecular complexity index is 1190. The normalized spacial score (nSPS) is 15.7. The minimum Gasteiger partial charge on any atom is -0.253 e. The van der Waals surface area contributed by atoms with Crippen molar-refractivity contribution in [2.45, 2.75) is 50.3 Å². The van der Waals surface area contributed by atoms with Crippen LogP contribution in [-0.2, 0) is 10.0 Å². The average Bonchev–Trinajstić information content (AvgIpc) is 3.11. The van der Waals surface area contributed by atoms with E-state index >= 15 is 0 Å². The van der Waals surface area contributed by atoms with E-state index in [1.165, 1.54) is 16.9 Å². The van der Waals surface area contributed by atoms with Crippen LogP contribution >= 0.6 is 11.3 Å². The first-order valence-electron chi connectivity index (χ1n) is 11.4. The van der Waals surface area contributed by atoms with Gasteiger partial charge in [0.25, 0.3) is 0 Å². The standard InChI is InChI=1S/C25H30N4O2S2/c1-19(2)21-12-10-20(11-13-21)17-26-28-25-27-24(18-32-25)22-8-7-9-23(16-22)33(30,31)29-14-5-3-4-6-15-29/h7-13,16-19H,3-6,14-15H2,1-2H3,(H,27,28)/b26-17+. The van der Waals surface area contributed by atoms with Gasteiger partial charge in [-0.3, -0.25) is 5.43 Å². The topological polar surface area (TPSA) is 74.7 Å². The second-order valence-electron chi connectivity index (χ2n) is 8.58. The quantitative estimate of drug-likeness (QED) is 0.334. The highest BCUT2D eigenvalue weighted by Crippen LogP contribution is 2.28. The fourth-order valence-corrected chi connectivity index (χ4v) is 6.07. The van der Waals surface area contributed by atoms with Gasteiger partial charge in [0.2, 0.25) is 15.2 Å². The molecule has 174 valence electrons. The van der Waals surface area contributed by atoms with Crippen molar-refractivity contribution in [2.75, 3.05) is 18.5 Å². The van der Waals surface area contributed by atoms with Crippen LogP contribution in [0.4, 0.5) is 5.13 Å². The molecule has 8 heteroatoms. The molecule has 0 radical (unpaired) electrons. The molecule has 0 bridgehead atoms. The van der Waals surface area contributed by atoms with Gasteiger partial charge in [-0.2, -0.15) is 9.41 Å². The monoisotopic (exact) mass is 482 g/mol. The van der Waals surface area contributed by atoms with E-state index in [9.17, 15) is 8.42 Å². The number of nitrogens with one attached hydrogen (secondary N) is 1. The molecule has 0 atom stereocenters. The molecule has 0 aliphatic carbocycles. The van der Waals surface area contributed by atoms with Crippen molar-refractivity contribution < 1.29 is 8.42 Å².